The molecule has 1 N–H and O–H groups in total. The van der Waals surface area contributed by atoms with Crippen LogP contribution in [-0.2, 0) is 13.0 Å². The van der Waals surface area contributed by atoms with E-state index >= 15 is 0 Å². The lowest BCUT2D eigenvalue weighted by molar-refractivity contribution is 0.313. The molecule has 0 fully saturated rings. The molecule has 1 heterocycles. The molecule has 0 aromatic heterocycles. The van der Waals surface area contributed by atoms with Crippen molar-refractivity contribution < 1.29 is 4.74 Å². The zero-order chi connectivity index (χ0) is 14.7. The fourth-order valence-corrected chi connectivity index (χ4v) is 4.17. The molecule has 0 bridgehead atoms. The van der Waals surface area contributed by atoms with Gasteiger partial charge in [-0.25, -0.2) is 0 Å². The van der Waals surface area contributed by atoms with Crippen molar-refractivity contribution in [3.8, 4) is 5.75 Å². The third-order valence-corrected chi connectivity index (χ3v) is 5.31. The van der Waals surface area contributed by atoms with Crippen molar-refractivity contribution in [3.05, 3.63) is 58.1 Å². The zero-order valence-electron chi connectivity index (χ0n) is 11.9. The topological polar surface area (TPSA) is 21.3 Å². The lowest BCUT2D eigenvalue weighted by Gasteiger charge is -2.14. The molecule has 1 aliphatic heterocycles. The minimum Gasteiger partial charge on any atom is -0.492 e. The van der Waals surface area contributed by atoms with Gasteiger partial charge in [0.15, 0.2) is 0 Å². The monoisotopic (exact) mass is 363 g/mol. The average Bonchev–Trinajstić information content (AvgIpc) is 2.89. The Morgan fingerprint density at radius 1 is 1.29 bits per heavy atom. The molecule has 110 valence electrons. The maximum absolute atomic E-state index is 6.08. The van der Waals surface area contributed by atoms with E-state index in [-0.39, 0.29) is 0 Å². The van der Waals surface area contributed by atoms with Crippen molar-refractivity contribution in [1.29, 1.82) is 0 Å². The second-order valence-electron chi connectivity index (χ2n) is 5.15. The molecule has 0 amide bonds. The summed E-state index contributed by atoms with van der Waals surface area (Å²) < 4.78 is 7.16. The Hall–Kier alpha value is -0.970. The molecule has 0 aliphatic carbocycles. The van der Waals surface area contributed by atoms with Gasteiger partial charge in [0.05, 0.1) is 0 Å². The lowest BCUT2D eigenvalue weighted by atomic mass is 10.1. The fraction of sp³-hybridized carbons (Fsp3) is 0.294. The predicted octanol–water partition coefficient (Wildman–Crippen LogP) is 4.26. The smallest absolute Gasteiger partial charge is 0.123 e. The summed E-state index contributed by atoms with van der Waals surface area (Å²) in [6, 6.07) is 14.8. The second kappa shape index (κ2) is 6.86. The molecule has 0 spiro atoms. The van der Waals surface area contributed by atoms with Crippen LogP contribution in [0.2, 0.25) is 0 Å². The first kappa shape index (κ1) is 14.9. The maximum atomic E-state index is 6.08. The number of halogens is 1. The standard InChI is InChI=1S/C17H18BrNOS/c1-19-10-13-8-14(18)6-7-16(13)20-11-15-9-12-4-2-3-5-17(12)21-15/h2-8,15,19H,9-11H2,1H3. The van der Waals surface area contributed by atoms with Crippen molar-refractivity contribution in [2.75, 3.05) is 13.7 Å². The molecule has 1 unspecified atom stereocenters. The molecular weight excluding hydrogens is 346 g/mol. The first-order valence-electron chi connectivity index (χ1n) is 7.06. The van der Waals surface area contributed by atoms with Crippen LogP contribution in [-0.4, -0.2) is 18.9 Å². The highest BCUT2D eigenvalue weighted by Crippen LogP contribution is 2.37. The quantitative estimate of drug-likeness (QED) is 0.857. The van der Waals surface area contributed by atoms with Gasteiger partial charge in [-0.3, -0.25) is 0 Å². The van der Waals surface area contributed by atoms with Crippen molar-refractivity contribution in [2.45, 2.75) is 23.1 Å². The number of hydrogen-bond acceptors (Lipinski definition) is 3. The summed E-state index contributed by atoms with van der Waals surface area (Å²) >= 11 is 5.44. The molecule has 1 atom stereocenters. The first-order chi connectivity index (χ1) is 10.3. The minimum atomic E-state index is 0.508. The van der Waals surface area contributed by atoms with Gasteiger partial charge in [0, 0.05) is 26.7 Å². The summed E-state index contributed by atoms with van der Waals surface area (Å²) in [6.45, 7) is 1.56. The first-order valence-corrected chi connectivity index (χ1v) is 8.74. The molecule has 0 radical (unpaired) electrons. The Morgan fingerprint density at radius 3 is 2.95 bits per heavy atom. The van der Waals surface area contributed by atoms with E-state index < -0.39 is 0 Å². The molecule has 3 rings (SSSR count). The lowest BCUT2D eigenvalue weighted by Crippen LogP contribution is -2.15. The highest BCUT2D eigenvalue weighted by Gasteiger charge is 2.22. The number of fused-ring (bicyclic) bond motifs is 1. The Balaban J connectivity index is 1.64. The van der Waals surface area contributed by atoms with Gasteiger partial charge in [0.1, 0.15) is 12.4 Å². The maximum Gasteiger partial charge on any atom is 0.123 e. The van der Waals surface area contributed by atoms with Gasteiger partial charge >= 0.3 is 0 Å². The summed E-state index contributed by atoms with van der Waals surface area (Å²) in [6.07, 6.45) is 1.10. The minimum absolute atomic E-state index is 0.508. The van der Waals surface area contributed by atoms with Crippen molar-refractivity contribution >= 4 is 27.7 Å². The Kier molecular flexibility index (Phi) is 4.88. The van der Waals surface area contributed by atoms with Crippen LogP contribution in [0.5, 0.6) is 5.75 Å². The number of rotatable bonds is 5. The van der Waals surface area contributed by atoms with Crippen molar-refractivity contribution in [3.63, 3.8) is 0 Å². The predicted molar refractivity (Wildman–Crippen MR) is 92.2 cm³/mol. The zero-order valence-corrected chi connectivity index (χ0v) is 14.3. The highest BCUT2D eigenvalue weighted by molar-refractivity contribution is 9.10. The van der Waals surface area contributed by atoms with E-state index in [0.29, 0.717) is 5.25 Å². The van der Waals surface area contributed by atoms with E-state index in [9.17, 15) is 0 Å². The molecule has 0 saturated carbocycles. The number of nitrogens with one attached hydrogen (secondary N) is 1. The summed E-state index contributed by atoms with van der Waals surface area (Å²) in [7, 11) is 1.95. The van der Waals surface area contributed by atoms with E-state index in [4.69, 9.17) is 4.74 Å². The molecule has 4 heteroatoms. The van der Waals surface area contributed by atoms with Gasteiger partial charge in [-0.05, 0) is 43.3 Å². The average molecular weight is 364 g/mol. The van der Waals surface area contributed by atoms with Crippen LogP contribution in [0.15, 0.2) is 51.8 Å². The van der Waals surface area contributed by atoms with Gasteiger partial charge in [0.2, 0.25) is 0 Å². The summed E-state index contributed by atoms with van der Waals surface area (Å²) in [5.41, 5.74) is 2.63. The number of hydrogen-bond donors (Lipinski definition) is 1. The number of ether oxygens (including phenoxy) is 1. The molecule has 1 aliphatic rings. The molecule has 2 aromatic rings. The van der Waals surface area contributed by atoms with Crippen LogP contribution in [0.4, 0.5) is 0 Å². The number of thioether (sulfide) groups is 1. The Labute approximate surface area is 138 Å². The molecule has 2 aromatic carbocycles. The van der Waals surface area contributed by atoms with Gasteiger partial charge in [0.25, 0.3) is 0 Å². The summed E-state index contributed by atoms with van der Waals surface area (Å²) in [4.78, 5) is 1.40. The van der Waals surface area contributed by atoms with E-state index in [2.05, 4.69) is 51.6 Å². The van der Waals surface area contributed by atoms with Crippen LogP contribution >= 0.6 is 27.7 Å². The van der Waals surface area contributed by atoms with Crippen LogP contribution in [0.25, 0.3) is 0 Å². The molecular formula is C17H18BrNOS. The van der Waals surface area contributed by atoms with E-state index in [1.54, 1.807) is 0 Å². The number of benzene rings is 2. The van der Waals surface area contributed by atoms with Crippen LogP contribution < -0.4 is 10.1 Å². The van der Waals surface area contributed by atoms with E-state index in [1.165, 1.54) is 16.0 Å². The van der Waals surface area contributed by atoms with Gasteiger partial charge < -0.3 is 10.1 Å². The fourth-order valence-electron chi connectivity index (χ4n) is 2.55. The normalized spacial score (nSPS) is 16.8. The summed E-state index contributed by atoms with van der Waals surface area (Å²) in [5.74, 6) is 0.976. The summed E-state index contributed by atoms with van der Waals surface area (Å²) in [5, 5.41) is 3.70. The SMILES string of the molecule is CNCc1cc(Br)ccc1OCC1Cc2ccccc2S1. The van der Waals surface area contributed by atoms with Crippen molar-refractivity contribution in [1.82, 2.24) is 5.32 Å². The van der Waals surface area contributed by atoms with E-state index in [1.807, 2.05) is 30.9 Å². The third-order valence-electron chi connectivity index (χ3n) is 3.53. The van der Waals surface area contributed by atoms with E-state index in [0.717, 1.165) is 29.8 Å². The van der Waals surface area contributed by atoms with Crippen molar-refractivity contribution in [2.24, 2.45) is 0 Å². The second-order valence-corrected chi connectivity index (χ2v) is 7.40. The Morgan fingerprint density at radius 2 is 2.14 bits per heavy atom. The third kappa shape index (κ3) is 3.62. The Bertz CT molecular complexity index is 607. The van der Waals surface area contributed by atoms with Crippen LogP contribution in [0.1, 0.15) is 11.1 Å². The van der Waals surface area contributed by atoms with Gasteiger partial charge in [-0.1, -0.05) is 34.1 Å². The van der Waals surface area contributed by atoms with Crippen LogP contribution in [0.3, 0.4) is 0 Å². The molecule has 2 nitrogen and oxygen atoms in total. The molecule has 0 saturated heterocycles. The van der Waals surface area contributed by atoms with Gasteiger partial charge in [-0.2, -0.15) is 0 Å². The largest absolute Gasteiger partial charge is 0.492 e. The highest BCUT2D eigenvalue weighted by atomic mass is 79.9. The van der Waals surface area contributed by atoms with Crippen LogP contribution in [0, 0.1) is 0 Å². The molecule has 21 heavy (non-hydrogen) atoms. The van der Waals surface area contributed by atoms with Gasteiger partial charge in [-0.15, -0.1) is 11.8 Å².